The summed E-state index contributed by atoms with van der Waals surface area (Å²) in [5.41, 5.74) is 1.87. The summed E-state index contributed by atoms with van der Waals surface area (Å²) in [5, 5.41) is 3.71. The van der Waals surface area contributed by atoms with Crippen LogP contribution in [-0.2, 0) is 16.1 Å². The molecule has 34 heavy (non-hydrogen) atoms. The van der Waals surface area contributed by atoms with Crippen LogP contribution in [0, 0.1) is 5.92 Å². The van der Waals surface area contributed by atoms with Crippen LogP contribution < -0.4 is 10.1 Å². The summed E-state index contributed by atoms with van der Waals surface area (Å²) in [7, 11) is 1.66. The lowest BCUT2D eigenvalue weighted by molar-refractivity contribution is -0.124. The first kappa shape index (κ1) is 24.2. The smallest absolute Gasteiger partial charge is 0.417 e. The van der Waals surface area contributed by atoms with E-state index in [1.165, 1.54) is 17.4 Å². The van der Waals surface area contributed by atoms with E-state index in [4.69, 9.17) is 9.47 Å². The molecule has 0 bridgehead atoms. The molecule has 1 aliphatic carbocycles. The molecular formula is C27H32N2O4S. The maximum Gasteiger partial charge on any atom is 0.417 e. The van der Waals surface area contributed by atoms with E-state index in [9.17, 15) is 9.59 Å². The number of ether oxygens (including phenoxy) is 2. The van der Waals surface area contributed by atoms with Gasteiger partial charge >= 0.3 is 6.09 Å². The lowest BCUT2D eigenvalue weighted by Gasteiger charge is -2.38. The number of benzene rings is 2. The monoisotopic (exact) mass is 480 g/mol. The highest BCUT2D eigenvalue weighted by Crippen LogP contribution is 2.36. The largest absolute Gasteiger partial charge is 0.497 e. The Hall–Kier alpha value is -2.93. The van der Waals surface area contributed by atoms with Crippen molar-refractivity contribution in [3.8, 4) is 5.75 Å². The van der Waals surface area contributed by atoms with Gasteiger partial charge in [0.25, 0.3) is 5.91 Å². The number of nitrogens with zero attached hydrogens (tertiary/aromatic N) is 1. The van der Waals surface area contributed by atoms with Crippen LogP contribution in [-0.4, -0.2) is 42.3 Å². The van der Waals surface area contributed by atoms with Gasteiger partial charge in [-0.05, 0) is 48.8 Å². The van der Waals surface area contributed by atoms with Gasteiger partial charge in [0.1, 0.15) is 12.4 Å². The predicted molar refractivity (Wildman–Crippen MR) is 135 cm³/mol. The van der Waals surface area contributed by atoms with E-state index >= 15 is 0 Å². The van der Waals surface area contributed by atoms with Crippen LogP contribution in [0.2, 0.25) is 0 Å². The van der Waals surface area contributed by atoms with Gasteiger partial charge in [-0.2, -0.15) is 0 Å². The van der Waals surface area contributed by atoms with E-state index in [0.717, 1.165) is 47.6 Å². The molecule has 2 amide bonds. The average molecular weight is 481 g/mol. The molecule has 1 saturated carbocycles. The number of imide groups is 1. The standard InChI is InChI=1S/C27H32N2O4S/c1-32-21-13-14-22(24(17-21)34-2)28-26(20-11-7-4-8-12-20)23-15-16-25(30)29(23)27(31)33-18-19-9-5-3-6-10-19/h3,5-6,9-10,13-17,20,23,26,28H,4,7-8,11-12,18H2,1-2H3/t23-,26+/m1/s1. The number of thioether (sulfide) groups is 1. The minimum atomic E-state index is -0.605. The molecule has 2 atom stereocenters. The molecular weight excluding hydrogens is 448 g/mol. The summed E-state index contributed by atoms with van der Waals surface area (Å²) in [6.45, 7) is 0.132. The summed E-state index contributed by atoms with van der Waals surface area (Å²) in [6.07, 6.45) is 10.4. The topological polar surface area (TPSA) is 67.9 Å². The van der Waals surface area contributed by atoms with Crippen molar-refractivity contribution < 1.29 is 19.1 Å². The van der Waals surface area contributed by atoms with Gasteiger partial charge in [0.05, 0.1) is 19.2 Å². The van der Waals surface area contributed by atoms with Crippen LogP contribution >= 0.6 is 11.8 Å². The third-order valence-corrected chi connectivity index (χ3v) is 7.41. The fraction of sp³-hybridized carbons (Fsp3) is 0.407. The molecule has 2 aromatic carbocycles. The fourth-order valence-corrected chi connectivity index (χ4v) is 5.43. The second-order valence-electron chi connectivity index (χ2n) is 8.73. The van der Waals surface area contributed by atoms with E-state index < -0.39 is 12.1 Å². The lowest BCUT2D eigenvalue weighted by Crippen LogP contribution is -2.51. The van der Waals surface area contributed by atoms with Crippen molar-refractivity contribution in [3.63, 3.8) is 0 Å². The third-order valence-electron chi connectivity index (χ3n) is 6.63. The zero-order valence-electron chi connectivity index (χ0n) is 19.7. The van der Waals surface area contributed by atoms with Gasteiger partial charge in [-0.25, -0.2) is 9.69 Å². The van der Waals surface area contributed by atoms with Crippen molar-refractivity contribution in [2.24, 2.45) is 5.92 Å². The molecule has 180 valence electrons. The SMILES string of the molecule is COc1ccc(N[C@@H](C2CCCCC2)[C@H]2C=CC(=O)N2C(=O)OCc2ccccc2)c(SC)c1. The Balaban J connectivity index is 1.57. The number of hydrogen-bond acceptors (Lipinski definition) is 6. The van der Waals surface area contributed by atoms with Gasteiger partial charge in [0.15, 0.2) is 0 Å². The normalized spacial score (nSPS) is 19.2. The summed E-state index contributed by atoms with van der Waals surface area (Å²) in [6, 6.07) is 14.9. The summed E-state index contributed by atoms with van der Waals surface area (Å²) >= 11 is 1.64. The van der Waals surface area contributed by atoms with Crippen molar-refractivity contribution in [1.82, 2.24) is 4.90 Å². The van der Waals surface area contributed by atoms with E-state index in [0.29, 0.717) is 5.92 Å². The quantitative estimate of drug-likeness (QED) is 0.476. The Labute approximate surface area is 205 Å². The van der Waals surface area contributed by atoms with E-state index in [2.05, 4.69) is 5.32 Å². The first-order chi connectivity index (χ1) is 16.6. The number of anilines is 1. The molecule has 0 radical (unpaired) electrons. The zero-order valence-corrected chi connectivity index (χ0v) is 20.6. The van der Waals surface area contributed by atoms with Gasteiger partial charge in [-0.15, -0.1) is 11.8 Å². The summed E-state index contributed by atoms with van der Waals surface area (Å²) in [4.78, 5) is 28.2. The molecule has 1 heterocycles. The maximum atomic E-state index is 13.1. The van der Waals surface area contributed by atoms with Crippen molar-refractivity contribution in [3.05, 3.63) is 66.2 Å². The second-order valence-corrected chi connectivity index (χ2v) is 9.58. The molecule has 0 unspecified atom stereocenters. The molecule has 0 aromatic heterocycles. The molecule has 2 aromatic rings. The Kier molecular flexibility index (Phi) is 8.16. The molecule has 1 N–H and O–H groups in total. The highest BCUT2D eigenvalue weighted by Gasteiger charge is 2.41. The molecule has 1 aliphatic heterocycles. The first-order valence-corrected chi connectivity index (χ1v) is 13.0. The number of methoxy groups -OCH3 is 1. The van der Waals surface area contributed by atoms with Crippen molar-refractivity contribution in [1.29, 1.82) is 0 Å². The fourth-order valence-electron chi connectivity index (χ4n) is 4.85. The van der Waals surface area contributed by atoms with E-state index in [1.54, 1.807) is 18.9 Å². The molecule has 7 heteroatoms. The minimum absolute atomic E-state index is 0.105. The molecule has 2 aliphatic rings. The Morgan fingerprint density at radius 1 is 1.15 bits per heavy atom. The van der Waals surface area contributed by atoms with Crippen LogP contribution in [0.25, 0.3) is 0 Å². The number of amides is 2. The Morgan fingerprint density at radius 2 is 1.91 bits per heavy atom. The molecule has 0 saturated heterocycles. The molecule has 0 spiro atoms. The molecule has 4 rings (SSSR count). The van der Waals surface area contributed by atoms with Gasteiger partial charge in [-0.3, -0.25) is 4.79 Å². The van der Waals surface area contributed by atoms with Crippen molar-refractivity contribution in [2.75, 3.05) is 18.7 Å². The maximum absolute atomic E-state index is 13.1. The average Bonchev–Trinajstić information content (AvgIpc) is 3.27. The van der Waals surface area contributed by atoms with Crippen molar-refractivity contribution in [2.45, 2.75) is 55.7 Å². The molecule has 6 nitrogen and oxygen atoms in total. The summed E-state index contributed by atoms with van der Waals surface area (Å²) < 4.78 is 10.9. The van der Waals surface area contributed by atoms with Crippen molar-refractivity contribution >= 4 is 29.4 Å². The van der Waals surface area contributed by atoms with Gasteiger partial charge in [-0.1, -0.05) is 55.7 Å². The Bertz CT molecular complexity index is 1020. The number of hydrogen-bond donors (Lipinski definition) is 1. The van der Waals surface area contributed by atoms with E-state index in [-0.39, 0.29) is 18.6 Å². The van der Waals surface area contributed by atoms with Crippen LogP contribution in [0.1, 0.15) is 37.7 Å². The van der Waals surface area contributed by atoms with Crippen LogP contribution in [0.3, 0.4) is 0 Å². The molecule has 1 fully saturated rings. The second kappa shape index (κ2) is 11.5. The predicted octanol–water partition coefficient (Wildman–Crippen LogP) is 5.88. The number of carbonyl (C=O) groups is 2. The minimum Gasteiger partial charge on any atom is -0.497 e. The van der Waals surface area contributed by atoms with Crippen LogP contribution in [0.5, 0.6) is 5.75 Å². The first-order valence-electron chi connectivity index (χ1n) is 11.8. The van der Waals surface area contributed by atoms with Gasteiger partial charge in [0.2, 0.25) is 0 Å². The zero-order chi connectivity index (χ0) is 23.9. The van der Waals surface area contributed by atoms with E-state index in [1.807, 2.05) is 60.9 Å². The highest BCUT2D eigenvalue weighted by atomic mass is 32.2. The van der Waals surface area contributed by atoms with Gasteiger partial charge < -0.3 is 14.8 Å². The lowest BCUT2D eigenvalue weighted by atomic mass is 9.80. The number of carbonyl (C=O) groups excluding carboxylic acids is 2. The number of nitrogens with one attached hydrogen (secondary N) is 1. The van der Waals surface area contributed by atoms with Gasteiger partial charge in [0, 0.05) is 16.7 Å². The van der Waals surface area contributed by atoms with Crippen LogP contribution in [0.4, 0.5) is 10.5 Å². The Morgan fingerprint density at radius 3 is 2.62 bits per heavy atom. The third kappa shape index (κ3) is 5.58. The van der Waals surface area contributed by atoms with Crippen LogP contribution in [0.15, 0.2) is 65.6 Å². The summed E-state index contributed by atoms with van der Waals surface area (Å²) in [5.74, 6) is 0.812. The highest BCUT2D eigenvalue weighted by molar-refractivity contribution is 7.98. The number of rotatable bonds is 8.